The van der Waals surface area contributed by atoms with Crippen LogP contribution in [0.25, 0.3) is 10.8 Å². The second-order valence-electron chi connectivity index (χ2n) is 6.04. The van der Waals surface area contributed by atoms with Gasteiger partial charge in [0.05, 0.1) is 0 Å². The minimum atomic E-state index is -1.39. The minimum Gasteiger partial charge on any atom is -0.423 e. The molecule has 0 aromatic heterocycles. The first-order valence-electron chi connectivity index (χ1n) is 6.37. The van der Waals surface area contributed by atoms with Crippen molar-refractivity contribution >= 4 is 23.4 Å². The number of hydrogen-bond donors (Lipinski definition) is 2. The summed E-state index contributed by atoms with van der Waals surface area (Å²) in [5.41, 5.74) is 3.31. The standard InChI is InChI=1S/C15H17BO2/c1-15(2)8-11-7-10-5-3-4-6-12(10)14(16(17)18)13(11)9-15/h3-7,17-18H,8-9H2,1-2H3. The molecule has 3 heteroatoms. The molecule has 0 atom stereocenters. The largest absolute Gasteiger partial charge is 0.489 e. The summed E-state index contributed by atoms with van der Waals surface area (Å²) >= 11 is 0. The third-order valence-corrected chi connectivity index (χ3v) is 3.88. The fourth-order valence-electron chi connectivity index (χ4n) is 3.20. The van der Waals surface area contributed by atoms with Crippen molar-refractivity contribution in [3.8, 4) is 0 Å². The van der Waals surface area contributed by atoms with E-state index in [2.05, 4.69) is 19.9 Å². The Morgan fingerprint density at radius 3 is 2.56 bits per heavy atom. The van der Waals surface area contributed by atoms with Crippen LogP contribution in [0, 0.1) is 5.41 Å². The van der Waals surface area contributed by atoms with Gasteiger partial charge in [0.1, 0.15) is 0 Å². The molecule has 0 saturated heterocycles. The number of rotatable bonds is 1. The number of hydrogen-bond acceptors (Lipinski definition) is 2. The van der Waals surface area contributed by atoms with Crippen LogP contribution in [0.2, 0.25) is 0 Å². The second kappa shape index (κ2) is 3.84. The van der Waals surface area contributed by atoms with Crippen molar-refractivity contribution in [2.75, 3.05) is 0 Å². The van der Waals surface area contributed by atoms with E-state index in [9.17, 15) is 10.0 Å². The van der Waals surface area contributed by atoms with Gasteiger partial charge in [0.15, 0.2) is 0 Å². The molecular formula is C15H17BO2. The first-order chi connectivity index (χ1) is 8.48. The molecule has 0 amide bonds. The molecule has 0 aliphatic heterocycles. The Hall–Kier alpha value is -1.32. The van der Waals surface area contributed by atoms with Gasteiger partial charge in [0, 0.05) is 0 Å². The van der Waals surface area contributed by atoms with Gasteiger partial charge in [-0.2, -0.15) is 0 Å². The number of benzene rings is 2. The molecule has 0 bridgehead atoms. The van der Waals surface area contributed by atoms with E-state index in [1.807, 2.05) is 24.3 Å². The molecule has 0 heterocycles. The molecule has 1 aliphatic carbocycles. The monoisotopic (exact) mass is 240 g/mol. The molecule has 92 valence electrons. The van der Waals surface area contributed by atoms with Crippen molar-refractivity contribution in [1.29, 1.82) is 0 Å². The molecule has 1 aliphatic rings. The predicted octanol–water partition coefficient (Wildman–Crippen LogP) is 1.64. The summed E-state index contributed by atoms with van der Waals surface area (Å²) in [6.07, 6.45) is 1.92. The molecule has 2 aromatic carbocycles. The summed E-state index contributed by atoms with van der Waals surface area (Å²) in [5, 5.41) is 21.5. The van der Waals surface area contributed by atoms with Crippen LogP contribution in [0.15, 0.2) is 30.3 Å². The summed E-state index contributed by atoms with van der Waals surface area (Å²) in [6, 6.07) is 10.1. The average Bonchev–Trinajstić information content (AvgIpc) is 2.58. The van der Waals surface area contributed by atoms with Gasteiger partial charge in [0.25, 0.3) is 0 Å². The van der Waals surface area contributed by atoms with Crippen LogP contribution >= 0.6 is 0 Å². The molecule has 18 heavy (non-hydrogen) atoms. The van der Waals surface area contributed by atoms with Gasteiger partial charge < -0.3 is 10.0 Å². The minimum absolute atomic E-state index is 0.212. The molecule has 3 rings (SSSR count). The summed E-state index contributed by atoms with van der Waals surface area (Å²) in [4.78, 5) is 0. The molecule has 2 nitrogen and oxygen atoms in total. The average molecular weight is 240 g/mol. The normalized spacial score (nSPS) is 16.9. The Bertz CT molecular complexity index is 617. The van der Waals surface area contributed by atoms with Crippen LogP contribution in [0.3, 0.4) is 0 Å². The van der Waals surface area contributed by atoms with Crippen LogP contribution in [0.1, 0.15) is 25.0 Å². The highest BCUT2D eigenvalue weighted by Crippen LogP contribution is 2.37. The zero-order chi connectivity index (χ0) is 12.9. The van der Waals surface area contributed by atoms with Crippen LogP contribution in [-0.4, -0.2) is 17.2 Å². The van der Waals surface area contributed by atoms with Gasteiger partial charge in [-0.25, -0.2) is 0 Å². The maximum atomic E-state index is 9.71. The van der Waals surface area contributed by atoms with Gasteiger partial charge >= 0.3 is 7.12 Å². The lowest BCUT2D eigenvalue weighted by molar-refractivity contribution is 0.392. The fourth-order valence-corrected chi connectivity index (χ4v) is 3.20. The summed E-state index contributed by atoms with van der Waals surface area (Å²) < 4.78 is 0. The highest BCUT2D eigenvalue weighted by Gasteiger charge is 2.33. The Morgan fingerprint density at radius 1 is 1.11 bits per heavy atom. The van der Waals surface area contributed by atoms with E-state index in [0.717, 1.165) is 29.2 Å². The molecular weight excluding hydrogens is 223 g/mol. The van der Waals surface area contributed by atoms with E-state index in [4.69, 9.17) is 0 Å². The van der Waals surface area contributed by atoms with Crippen molar-refractivity contribution in [2.45, 2.75) is 26.7 Å². The van der Waals surface area contributed by atoms with Gasteiger partial charge in [0.2, 0.25) is 0 Å². The van der Waals surface area contributed by atoms with E-state index in [-0.39, 0.29) is 5.41 Å². The topological polar surface area (TPSA) is 40.5 Å². The maximum Gasteiger partial charge on any atom is 0.489 e. The zero-order valence-electron chi connectivity index (χ0n) is 10.8. The Kier molecular flexibility index (Phi) is 2.51. The highest BCUT2D eigenvalue weighted by molar-refractivity contribution is 6.62. The van der Waals surface area contributed by atoms with Crippen LogP contribution in [0.5, 0.6) is 0 Å². The molecule has 0 radical (unpaired) electrons. The first-order valence-corrected chi connectivity index (χ1v) is 6.37. The van der Waals surface area contributed by atoms with Crippen molar-refractivity contribution < 1.29 is 10.0 Å². The van der Waals surface area contributed by atoms with Crippen molar-refractivity contribution in [3.63, 3.8) is 0 Å². The SMILES string of the molecule is CC1(C)Cc2cc3ccccc3c(B(O)O)c2C1. The Morgan fingerprint density at radius 2 is 1.83 bits per heavy atom. The Labute approximate surface area is 107 Å². The lowest BCUT2D eigenvalue weighted by Gasteiger charge is -2.15. The predicted molar refractivity (Wildman–Crippen MR) is 75.0 cm³/mol. The smallest absolute Gasteiger partial charge is 0.423 e. The highest BCUT2D eigenvalue weighted by atomic mass is 16.4. The van der Waals surface area contributed by atoms with E-state index in [1.165, 1.54) is 5.56 Å². The van der Waals surface area contributed by atoms with E-state index in [0.29, 0.717) is 5.46 Å². The van der Waals surface area contributed by atoms with E-state index in [1.54, 1.807) is 0 Å². The zero-order valence-corrected chi connectivity index (χ0v) is 10.8. The summed E-state index contributed by atoms with van der Waals surface area (Å²) in [5.74, 6) is 0. The molecule has 0 fully saturated rings. The fraction of sp³-hybridized carbons (Fsp3) is 0.333. The molecule has 0 unspecified atom stereocenters. The van der Waals surface area contributed by atoms with Crippen molar-refractivity contribution in [3.05, 3.63) is 41.5 Å². The van der Waals surface area contributed by atoms with E-state index >= 15 is 0 Å². The first kappa shape index (κ1) is 11.8. The lowest BCUT2D eigenvalue weighted by Crippen LogP contribution is -2.34. The second-order valence-corrected chi connectivity index (χ2v) is 6.04. The quantitative estimate of drug-likeness (QED) is 0.744. The van der Waals surface area contributed by atoms with Gasteiger partial charge in [-0.15, -0.1) is 0 Å². The lowest BCUT2D eigenvalue weighted by atomic mass is 9.72. The van der Waals surface area contributed by atoms with Gasteiger partial charge in [-0.1, -0.05) is 44.2 Å². The van der Waals surface area contributed by atoms with Crippen molar-refractivity contribution in [1.82, 2.24) is 0 Å². The Balaban J connectivity index is 2.34. The summed E-state index contributed by atoms with van der Waals surface area (Å²) in [7, 11) is -1.39. The van der Waals surface area contributed by atoms with Crippen LogP contribution < -0.4 is 5.46 Å². The van der Waals surface area contributed by atoms with Crippen molar-refractivity contribution in [2.24, 2.45) is 5.41 Å². The molecule has 2 aromatic rings. The van der Waals surface area contributed by atoms with Crippen LogP contribution in [-0.2, 0) is 12.8 Å². The van der Waals surface area contributed by atoms with Gasteiger partial charge in [-0.3, -0.25) is 0 Å². The van der Waals surface area contributed by atoms with Gasteiger partial charge in [-0.05, 0) is 45.6 Å². The van der Waals surface area contributed by atoms with E-state index < -0.39 is 7.12 Å². The molecule has 0 saturated carbocycles. The summed E-state index contributed by atoms with van der Waals surface area (Å²) in [6.45, 7) is 4.45. The molecule has 2 N–H and O–H groups in total. The number of fused-ring (bicyclic) bond motifs is 2. The van der Waals surface area contributed by atoms with Crippen LogP contribution in [0.4, 0.5) is 0 Å². The maximum absolute atomic E-state index is 9.71. The third-order valence-electron chi connectivity index (χ3n) is 3.88. The molecule has 0 spiro atoms. The third kappa shape index (κ3) is 1.75.